The van der Waals surface area contributed by atoms with Gasteiger partial charge in [0.05, 0.1) is 18.4 Å². The summed E-state index contributed by atoms with van der Waals surface area (Å²) in [6.45, 7) is 2.07. The molecule has 7 heteroatoms. The highest BCUT2D eigenvalue weighted by molar-refractivity contribution is 6.29. The van der Waals surface area contributed by atoms with Crippen molar-refractivity contribution in [1.82, 2.24) is 19.7 Å². The molecule has 0 fully saturated rings. The van der Waals surface area contributed by atoms with Crippen LogP contribution in [0.5, 0.6) is 0 Å². The fourth-order valence-electron chi connectivity index (χ4n) is 1.22. The number of hydrogen-bond acceptors (Lipinski definition) is 5. The molecular formula is C10H9ClN4O2. The standard InChI is InChI=1S/C10H9ClN4O2/c1-2-17-10(16)7-4-14-15(5-7)9-3-8(11)12-6-13-9/h3-6H,2H2,1H3. The summed E-state index contributed by atoms with van der Waals surface area (Å²) in [6, 6.07) is 1.55. The molecule has 0 saturated carbocycles. The topological polar surface area (TPSA) is 69.9 Å². The van der Waals surface area contributed by atoms with Gasteiger partial charge in [-0.1, -0.05) is 11.6 Å². The Morgan fingerprint density at radius 1 is 1.53 bits per heavy atom. The summed E-state index contributed by atoms with van der Waals surface area (Å²) < 4.78 is 6.28. The number of nitrogens with zero attached hydrogens (tertiary/aromatic N) is 4. The second kappa shape index (κ2) is 4.92. The van der Waals surface area contributed by atoms with Crippen LogP contribution in [-0.2, 0) is 4.74 Å². The van der Waals surface area contributed by atoms with E-state index in [1.165, 1.54) is 23.4 Å². The summed E-state index contributed by atoms with van der Waals surface area (Å²) in [4.78, 5) is 19.2. The van der Waals surface area contributed by atoms with E-state index in [2.05, 4.69) is 15.1 Å². The SMILES string of the molecule is CCOC(=O)c1cnn(-c2cc(Cl)ncn2)c1. The minimum atomic E-state index is -0.418. The summed E-state index contributed by atoms with van der Waals surface area (Å²) >= 11 is 5.73. The lowest BCUT2D eigenvalue weighted by molar-refractivity contribution is 0.0526. The summed E-state index contributed by atoms with van der Waals surface area (Å²) in [6.07, 6.45) is 4.26. The van der Waals surface area contributed by atoms with Crippen molar-refractivity contribution in [2.24, 2.45) is 0 Å². The molecule has 0 aromatic carbocycles. The monoisotopic (exact) mass is 252 g/mol. The Labute approximate surface area is 102 Å². The highest BCUT2D eigenvalue weighted by Crippen LogP contribution is 2.10. The van der Waals surface area contributed by atoms with E-state index in [-0.39, 0.29) is 0 Å². The lowest BCUT2D eigenvalue weighted by Crippen LogP contribution is -2.03. The quantitative estimate of drug-likeness (QED) is 0.611. The Morgan fingerprint density at radius 3 is 3.06 bits per heavy atom. The fourth-order valence-corrected chi connectivity index (χ4v) is 1.36. The van der Waals surface area contributed by atoms with Crippen LogP contribution in [0, 0.1) is 0 Å². The van der Waals surface area contributed by atoms with Crippen LogP contribution in [-0.4, -0.2) is 32.3 Å². The molecule has 2 heterocycles. The molecule has 17 heavy (non-hydrogen) atoms. The van der Waals surface area contributed by atoms with E-state index >= 15 is 0 Å². The first-order valence-corrected chi connectivity index (χ1v) is 5.28. The Morgan fingerprint density at radius 2 is 2.35 bits per heavy atom. The van der Waals surface area contributed by atoms with Crippen molar-refractivity contribution < 1.29 is 9.53 Å². The largest absolute Gasteiger partial charge is 0.462 e. The number of esters is 1. The first-order chi connectivity index (χ1) is 8.20. The minimum absolute atomic E-state index is 0.309. The van der Waals surface area contributed by atoms with E-state index in [0.29, 0.717) is 23.1 Å². The van der Waals surface area contributed by atoms with Crippen LogP contribution in [0.15, 0.2) is 24.8 Å². The highest BCUT2D eigenvalue weighted by Gasteiger charge is 2.10. The molecule has 0 aliphatic carbocycles. The average molecular weight is 253 g/mol. The third kappa shape index (κ3) is 2.59. The van der Waals surface area contributed by atoms with Crippen LogP contribution in [0.1, 0.15) is 17.3 Å². The summed E-state index contributed by atoms with van der Waals surface area (Å²) in [7, 11) is 0. The van der Waals surface area contributed by atoms with Crippen molar-refractivity contribution in [2.45, 2.75) is 6.92 Å². The zero-order chi connectivity index (χ0) is 12.3. The molecule has 2 aromatic heterocycles. The van der Waals surface area contributed by atoms with Gasteiger partial charge in [-0.15, -0.1) is 0 Å². The molecule has 0 radical (unpaired) electrons. The first-order valence-electron chi connectivity index (χ1n) is 4.90. The van der Waals surface area contributed by atoms with Crippen molar-refractivity contribution >= 4 is 17.6 Å². The van der Waals surface area contributed by atoms with Gasteiger partial charge in [0, 0.05) is 12.3 Å². The number of halogens is 1. The molecule has 0 aliphatic rings. The van der Waals surface area contributed by atoms with Crippen LogP contribution in [0.3, 0.4) is 0 Å². The minimum Gasteiger partial charge on any atom is -0.462 e. The van der Waals surface area contributed by atoms with Crippen LogP contribution >= 0.6 is 11.6 Å². The van der Waals surface area contributed by atoms with Crippen LogP contribution in [0.25, 0.3) is 5.82 Å². The number of rotatable bonds is 3. The molecule has 2 rings (SSSR count). The van der Waals surface area contributed by atoms with Crippen molar-refractivity contribution in [1.29, 1.82) is 0 Å². The highest BCUT2D eigenvalue weighted by atomic mass is 35.5. The maximum Gasteiger partial charge on any atom is 0.341 e. The van der Waals surface area contributed by atoms with Crippen molar-refractivity contribution in [3.05, 3.63) is 35.5 Å². The Kier molecular flexibility index (Phi) is 3.34. The Balaban J connectivity index is 2.27. The van der Waals surface area contributed by atoms with E-state index in [9.17, 15) is 4.79 Å². The lowest BCUT2D eigenvalue weighted by Gasteiger charge is -1.99. The normalized spacial score (nSPS) is 10.2. The van der Waals surface area contributed by atoms with E-state index < -0.39 is 5.97 Å². The third-order valence-electron chi connectivity index (χ3n) is 1.95. The predicted molar refractivity (Wildman–Crippen MR) is 60.1 cm³/mol. The van der Waals surface area contributed by atoms with Crippen molar-refractivity contribution in [3.8, 4) is 5.82 Å². The number of ether oxygens (including phenoxy) is 1. The van der Waals surface area contributed by atoms with Crippen molar-refractivity contribution in [2.75, 3.05) is 6.61 Å². The fraction of sp³-hybridized carbons (Fsp3) is 0.200. The maximum atomic E-state index is 11.4. The van der Waals surface area contributed by atoms with E-state index in [1.807, 2.05) is 0 Å². The van der Waals surface area contributed by atoms with Gasteiger partial charge in [-0.25, -0.2) is 19.4 Å². The first kappa shape index (κ1) is 11.5. The van der Waals surface area contributed by atoms with Crippen LogP contribution in [0.2, 0.25) is 5.15 Å². The third-order valence-corrected chi connectivity index (χ3v) is 2.15. The van der Waals surface area contributed by atoms with Crippen LogP contribution < -0.4 is 0 Å². The molecule has 88 valence electrons. The molecular weight excluding hydrogens is 244 g/mol. The average Bonchev–Trinajstić information content (AvgIpc) is 2.78. The molecule has 0 atom stereocenters. The molecule has 0 spiro atoms. The van der Waals surface area contributed by atoms with Gasteiger partial charge in [0.2, 0.25) is 0 Å². The zero-order valence-corrected chi connectivity index (χ0v) is 9.76. The van der Waals surface area contributed by atoms with Crippen molar-refractivity contribution in [3.63, 3.8) is 0 Å². The van der Waals surface area contributed by atoms with Gasteiger partial charge in [0.15, 0.2) is 5.82 Å². The van der Waals surface area contributed by atoms with Gasteiger partial charge < -0.3 is 4.74 Å². The molecule has 0 amide bonds. The van der Waals surface area contributed by atoms with E-state index in [4.69, 9.17) is 16.3 Å². The van der Waals surface area contributed by atoms with E-state index in [0.717, 1.165) is 0 Å². The van der Waals surface area contributed by atoms with Gasteiger partial charge in [0.25, 0.3) is 0 Å². The number of carbonyl (C=O) groups is 1. The molecule has 0 aliphatic heterocycles. The van der Waals surface area contributed by atoms with Gasteiger partial charge >= 0.3 is 5.97 Å². The lowest BCUT2D eigenvalue weighted by atomic mass is 10.4. The second-order valence-corrected chi connectivity index (χ2v) is 3.48. The number of carbonyl (C=O) groups excluding carboxylic acids is 1. The van der Waals surface area contributed by atoms with Crippen LogP contribution in [0.4, 0.5) is 0 Å². The summed E-state index contributed by atoms with van der Waals surface area (Å²) in [5.41, 5.74) is 0.363. The van der Waals surface area contributed by atoms with Gasteiger partial charge in [-0.3, -0.25) is 0 Å². The molecule has 6 nitrogen and oxygen atoms in total. The van der Waals surface area contributed by atoms with Gasteiger partial charge in [0.1, 0.15) is 11.5 Å². The molecule has 0 bridgehead atoms. The number of hydrogen-bond donors (Lipinski definition) is 0. The Bertz CT molecular complexity index is 541. The molecule has 2 aromatic rings. The molecule has 0 saturated heterocycles. The summed E-state index contributed by atoms with van der Waals surface area (Å²) in [5.74, 6) is 0.0689. The summed E-state index contributed by atoms with van der Waals surface area (Å²) in [5, 5.41) is 4.31. The maximum absolute atomic E-state index is 11.4. The predicted octanol–water partition coefficient (Wildman–Crippen LogP) is 1.49. The molecule has 0 N–H and O–H groups in total. The smallest absolute Gasteiger partial charge is 0.341 e. The molecule has 0 unspecified atom stereocenters. The van der Waals surface area contributed by atoms with Gasteiger partial charge in [-0.2, -0.15) is 5.10 Å². The van der Waals surface area contributed by atoms with E-state index in [1.54, 1.807) is 13.0 Å². The second-order valence-electron chi connectivity index (χ2n) is 3.09. The Hall–Kier alpha value is -1.95. The number of aromatic nitrogens is 4. The van der Waals surface area contributed by atoms with Gasteiger partial charge in [-0.05, 0) is 6.92 Å². The zero-order valence-electron chi connectivity index (χ0n) is 9.00.